The van der Waals surface area contributed by atoms with Crippen LogP contribution in [0.2, 0.25) is 0 Å². The zero-order valence-corrected chi connectivity index (χ0v) is 20.8. The zero-order chi connectivity index (χ0) is 25.0. The second-order valence-electron chi connectivity index (χ2n) is 9.17. The summed E-state index contributed by atoms with van der Waals surface area (Å²) < 4.78 is 44.7. The molecule has 10 heteroatoms. The van der Waals surface area contributed by atoms with Gasteiger partial charge < -0.3 is 14.5 Å². The molecular weight excluding hydrogens is 479 g/mol. The topological polar surface area (TPSA) is 53.1 Å². The molecule has 3 heterocycles. The predicted molar refractivity (Wildman–Crippen MR) is 131 cm³/mol. The number of piperidine rings is 1. The Kier molecular flexibility index (Phi) is 8.21. The van der Waals surface area contributed by atoms with E-state index in [1.165, 1.54) is 17.4 Å². The van der Waals surface area contributed by atoms with Crippen molar-refractivity contribution in [2.24, 2.45) is 5.92 Å². The maximum atomic E-state index is 13.0. The number of esters is 1. The minimum atomic E-state index is -4.33. The van der Waals surface area contributed by atoms with Crippen LogP contribution in [0.15, 0.2) is 23.6 Å². The Hall–Kier alpha value is -2.33. The number of benzene rings is 1. The van der Waals surface area contributed by atoms with Gasteiger partial charge in [-0.25, -0.2) is 0 Å². The summed E-state index contributed by atoms with van der Waals surface area (Å²) in [6.07, 6.45) is -1.70. The van der Waals surface area contributed by atoms with Gasteiger partial charge in [-0.15, -0.1) is 11.3 Å². The summed E-state index contributed by atoms with van der Waals surface area (Å²) in [5, 5.41) is 2.82. The summed E-state index contributed by atoms with van der Waals surface area (Å²) in [4.78, 5) is 30.9. The van der Waals surface area contributed by atoms with Crippen molar-refractivity contribution in [2.75, 3.05) is 57.3 Å². The Morgan fingerprint density at radius 2 is 1.80 bits per heavy atom. The number of hydrogen-bond acceptors (Lipinski definition) is 6. The first-order valence-electron chi connectivity index (χ1n) is 12.3. The van der Waals surface area contributed by atoms with Crippen LogP contribution in [0, 0.1) is 5.92 Å². The number of amides is 1. The predicted octanol–water partition coefficient (Wildman–Crippen LogP) is 4.62. The largest absolute Gasteiger partial charge is 0.466 e. The summed E-state index contributed by atoms with van der Waals surface area (Å²) in [5.74, 6) is -0.100. The number of rotatable bonds is 7. The fraction of sp³-hybridized carbons (Fsp3) is 0.600. The molecule has 0 spiro atoms. The van der Waals surface area contributed by atoms with Crippen molar-refractivity contribution in [3.63, 3.8) is 0 Å². The maximum absolute atomic E-state index is 13.0. The Balaban J connectivity index is 1.19. The molecule has 4 rings (SSSR count). The Morgan fingerprint density at radius 3 is 2.46 bits per heavy atom. The van der Waals surface area contributed by atoms with E-state index in [1.54, 1.807) is 13.0 Å². The molecule has 0 atom stereocenters. The summed E-state index contributed by atoms with van der Waals surface area (Å²) >= 11 is 1.35. The molecule has 2 aromatic rings. The molecule has 0 radical (unpaired) electrons. The normalized spacial score (nSPS) is 18.3. The SMILES string of the molecule is CCOC(=O)C1CCN(C(=O)CCCN2CCN(c3csc4cc(C(F)(F)F)ccc34)CC2)CC1. The highest BCUT2D eigenvalue weighted by Crippen LogP contribution is 2.38. The molecule has 1 amide bonds. The number of hydrogen-bond donors (Lipinski definition) is 0. The van der Waals surface area contributed by atoms with E-state index in [4.69, 9.17) is 4.74 Å². The maximum Gasteiger partial charge on any atom is 0.416 e. The van der Waals surface area contributed by atoms with Crippen LogP contribution in [0.3, 0.4) is 0 Å². The minimum absolute atomic E-state index is 0.0951. The highest BCUT2D eigenvalue weighted by atomic mass is 32.1. The molecule has 6 nitrogen and oxygen atoms in total. The first-order chi connectivity index (χ1) is 16.8. The van der Waals surface area contributed by atoms with Gasteiger partial charge in [0.25, 0.3) is 0 Å². The van der Waals surface area contributed by atoms with Crippen molar-refractivity contribution in [3.05, 3.63) is 29.1 Å². The van der Waals surface area contributed by atoms with Crippen LogP contribution >= 0.6 is 11.3 Å². The summed E-state index contributed by atoms with van der Waals surface area (Å²) in [6.45, 7) is 7.59. The summed E-state index contributed by atoms with van der Waals surface area (Å²) in [7, 11) is 0. The molecule has 2 aliphatic heterocycles. The van der Waals surface area contributed by atoms with E-state index in [9.17, 15) is 22.8 Å². The van der Waals surface area contributed by atoms with Gasteiger partial charge in [0.15, 0.2) is 0 Å². The van der Waals surface area contributed by atoms with E-state index in [1.807, 2.05) is 10.3 Å². The van der Waals surface area contributed by atoms with Gasteiger partial charge in [-0.05, 0) is 44.9 Å². The number of ether oxygens (including phenoxy) is 1. The monoisotopic (exact) mass is 511 g/mol. The lowest BCUT2D eigenvalue weighted by molar-refractivity contribution is -0.151. The molecule has 0 unspecified atom stereocenters. The standard InChI is InChI=1S/C25H32F3N3O3S/c1-2-34-24(33)18-7-10-31(11-8-18)23(32)4-3-9-29-12-14-30(15-13-29)21-17-35-22-16-19(25(26,27)28)5-6-20(21)22/h5-6,16-18H,2-4,7-15H2,1H3. The van der Waals surface area contributed by atoms with Gasteiger partial charge in [0, 0.05) is 61.2 Å². The lowest BCUT2D eigenvalue weighted by atomic mass is 9.96. The second kappa shape index (κ2) is 11.2. The minimum Gasteiger partial charge on any atom is -0.466 e. The molecule has 35 heavy (non-hydrogen) atoms. The van der Waals surface area contributed by atoms with Crippen molar-refractivity contribution >= 4 is 39.0 Å². The van der Waals surface area contributed by atoms with Gasteiger partial charge in [-0.2, -0.15) is 13.2 Å². The molecule has 0 aliphatic carbocycles. The second-order valence-corrected chi connectivity index (χ2v) is 10.1. The third-order valence-corrected chi connectivity index (χ3v) is 7.86. The molecule has 2 aliphatic rings. The average Bonchev–Trinajstić information content (AvgIpc) is 3.27. The number of carbonyl (C=O) groups excluding carboxylic acids is 2. The van der Waals surface area contributed by atoms with Crippen molar-refractivity contribution in [2.45, 2.75) is 38.8 Å². The first kappa shape index (κ1) is 25.8. The lowest BCUT2D eigenvalue weighted by Gasteiger charge is -2.36. The molecule has 2 saturated heterocycles. The van der Waals surface area contributed by atoms with E-state index >= 15 is 0 Å². The Morgan fingerprint density at radius 1 is 1.09 bits per heavy atom. The molecule has 1 aromatic heterocycles. The molecular formula is C25H32F3N3O3S. The fourth-order valence-corrected chi connectivity index (χ4v) is 5.89. The lowest BCUT2D eigenvalue weighted by Crippen LogP contribution is -2.46. The van der Waals surface area contributed by atoms with E-state index < -0.39 is 11.7 Å². The number of carbonyl (C=O) groups is 2. The third kappa shape index (κ3) is 6.27. The molecule has 0 N–H and O–H groups in total. The van der Waals surface area contributed by atoms with Crippen LogP contribution in [-0.4, -0.2) is 74.1 Å². The van der Waals surface area contributed by atoms with Crippen molar-refractivity contribution in [1.82, 2.24) is 9.80 Å². The smallest absolute Gasteiger partial charge is 0.416 e. The van der Waals surface area contributed by atoms with Crippen molar-refractivity contribution < 1.29 is 27.5 Å². The number of anilines is 1. The number of fused-ring (bicyclic) bond motifs is 1. The van der Waals surface area contributed by atoms with Gasteiger partial charge in [-0.1, -0.05) is 6.07 Å². The molecule has 192 valence electrons. The Labute approximate surface area is 207 Å². The summed E-state index contributed by atoms with van der Waals surface area (Å²) in [5.41, 5.74) is 0.390. The van der Waals surface area contributed by atoms with Gasteiger partial charge in [0.1, 0.15) is 0 Å². The van der Waals surface area contributed by atoms with Crippen LogP contribution < -0.4 is 4.90 Å². The van der Waals surface area contributed by atoms with Gasteiger partial charge >= 0.3 is 12.1 Å². The van der Waals surface area contributed by atoms with E-state index in [2.05, 4.69) is 9.80 Å². The first-order valence-corrected chi connectivity index (χ1v) is 13.1. The van der Waals surface area contributed by atoms with Crippen LogP contribution in [0.5, 0.6) is 0 Å². The number of likely N-dealkylation sites (tertiary alicyclic amines) is 1. The van der Waals surface area contributed by atoms with Crippen LogP contribution in [0.1, 0.15) is 38.2 Å². The fourth-order valence-electron chi connectivity index (χ4n) is 4.88. The molecule has 0 saturated carbocycles. The number of piperazine rings is 1. The van der Waals surface area contributed by atoms with Crippen LogP contribution in [0.4, 0.5) is 18.9 Å². The van der Waals surface area contributed by atoms with Crippen molar-refractivity contribution in [1.29, 1.82) is 0 Å². The van der Waals surface area contributed by atoms with Gasteiger partial charge in [0.2, 0.25) is 5.91 Å². The van der Waals surface area contributed by atoms with E-state index in [0.717, 1.165) is 56.3 Å². The zero-order valence-electron chi connectivity index (χ0n) is 20.0. The number of thiophene rings is 1. The summed E-state index contributed by atoms with van der Waals surface area (Å²) in [6, 6.07) is 3.97. The Bertz CT molecular complexity index is 1030. The quantitative estimate of drug-likeness (QED) is 0.508. The van der Waals surface area contributed by atoms with Gasteiger partial charge in [-0.3, -0.25) is 14.5 Å². The molecule has 1 aromatic carbocycles. The van der Waals surface area contributed by atoms with E-state index in [0.29, 0.717) is 43.7 Å². The number of alkyl halides is 3. The molecule has 0 bridgehead atoms. The van der Waals surface area contributed by atoms with E-state index in [-0.39, 0.29) is 17.8 Å². The van der Waals surface area contributed by atoms with Crippen LogP contribution in [-0.2, 0) is 20.5 Å². The number of halogens is 3. The number of nitrogens with zero attached hydrogens (tertiary/aromatic N) is 3. The van der Waals surface area contributed by atoms with Crippen LogP contribution in [0.25, 0.3) is 10.1 Å². The van der Waals surface area contributed by atoms with Crippen molar-refractivity contribution in [3.8, 4) is 0 Å². The average molecular weight is 512 g/mol. The third-order valence-electron chi connectivity index (χ3n) is 6.93. The van der Waals surface area contributed by atoms with Gasteiger partial charge in [0.05, 0.1) is 23.8 Å². The molecule has 2 fully saturated rings. The highest BCUT2D eigenvalue weighted by Gasteiger charge is 2.31. The highest BCUT2D eigenvalue weighted by molar-refractivity contribution is 7.17.